The quantitative estimate of drug-likeness (QED) is 0.388. The summed E-state index contributed by atoms with van der Waals surface area (Å²) in [4.78, 5) is 12.7. The number of nitrogens with zero attached hydrogens (tertiary/aromatic N) is 1. The van der Waals surface area contributed by atoms with Crippen LogP contribution in [-0.2, 0) is 30.6 Å². The lowest BCUT2D eigenvalue weighted by atomic mass is 9.97. The van der Waals surface area contributed by atoms with Crippen LogP contribution in [0.2, 0.25) is 0 Å². The Morgan fingerprint density at radius 3 is 2.16 bits per heavy atom. The Morgan fingerprint density at radius 1 is 0.919 bits per heavy atom. The molecule has 1 saturated heterocycles. The lowest BCUT2D eigenvalue weighted by Crippen LogP contribution is -2.41. The van der Waals surface area contributed by atoms with Crippen molar-refractivity contribution in [3.63, 3.8) is 0 Å². The summed E-state index contributed by atoms with van der Waals surface area (Å²) in [6.07, 6.45) is 0.773. The Morgan fingerprint density at radius 2 is 1.54 bits per heavy atom. The summed E-state index contributed by atoms with van der Waals surface area (Å²) in [6, 6.07) is 17.8. The second-order valence-electron chi connectivity index (χ2n) is 8.69. The number of amides is 1. The topological polar surface area (TPSA) is 113 Å². The van der Waals surface area contributed by atoms with Gasteiger partial charge in [0.1, 0.15) is 5.82 Å². The molecule has 3 aromatic carbocycles. The predicted molar refractivity (Wildman–Crippen MR) is 143 cm³/mol. The summed E-state index contributed by atoms with van der Waals surface area (Å²) in [5, 5.41) is 2.78. The molecule has 0 bridgehead atoms. The minimum absolute atomic E-state index is 0.0150. The van der Waals surface area contributed by atoms with E-state index in [9.17, 15) is 26.0 Å². The first kappa shape index (κ1) is 27.2. The number of piperidine rings is 1. The fourth-order valence-corrected chi connectivity index (χ4v) is 7.07. The standard InChI is InChI=1S/C25H25BrFN3O5S2/c26-20-3-1-2-18(16-20)17-36(32,33)30-14-12-19(13-15-30)25(31)28-22-8-10-24(11-9-22)37(34,35)29-23-6-4-21(27)5-7-23/h1-11,16,19,29H,12-15,17H2,(H,28,31). The number of anilines is 2. The van der Waals surface area contributed by atoms with Crippen LogP contribution in [0.25, 0.3) is 0 Å². The van der Waals surface area contributed by atoms with Crippen molar-refractivity contribution >= 4 is 53.3 Å². The molecule has 0 atom stereocenters. The molecule has 0 aliphatic carbocycles. The van der Waals surface area contributed by atoms with E-state index in [1.807, 2.05) is 6.07 Å². The largest absolute Gasteiger partial charge is 0.326 e. The zero-order valence-electron chi connectivity index (χ0n) is 19.6. The van der Waals surface area contributed by atoms with Crippen molar-refractivity contribution in [1.82, 2.24) is 4.31 Å². The van der Waals surface area contributed by atoms with E-state index < -0.39 is 25.9 Å². The number of carbonyl (C=O) groups excluding carboxylic acids is 1. The Kier molecular flexibility index (Phi) is 8.32. The maximum Gasteiger partial charge on any atom is 0.261 e. The number of sulfonamides is 2. The molecule has 1 aliphatic rings. The Labute approximate surface area is 224 Å². The molecule has 37 heavy (non-hydrogen) atoms. The van der Waals surface area contributed by atoms with Gasteiger partial charge in [0.05, 0.1) is 10.6 Å². The second kappa shape index (κ2) is 11.3. The van der Waals surface area contributed by atoms with Crippen LogP contribution in [0.15, 0.2) is 82.2 Å². The van der Waals surface area contributed by atoms with Crippen molar-refractivity contribution in [1.29, 1.82) is 0 Å². The van der Waals surface area contributed by atoms with Gasteiger partial charge in [-0.3, -0.25) is 9.52 Å². The molecule has 1 aliphatic heterocycles. The van der Waals surface area contributed by atoms with Crippen LogP contribution in [-0.4, -0.2) is 40.1 Å². The summed E-state index contributed by atoms with van der Waals surface area (Å²) < 4.78 is 68.4. The van der Waals surface area contributed by atoms with E-state index in [2.05, 4.69) is 26.0 Å². The number of hydrogen-bond acceptors (Lipinski definition) is 5. The summed E-state index contributed by atoms with van der Waals surface area (Å²) in [7, 11) is -7.39. The molecule has 0 radical (unpaired) electrons. The molecular weight excluding hydrogens is 585 g/mol. The van der Waals surface area contributed by atoms with Crippen LogP contribution in [0.1, 0.15) is 18.4 Å². The molecule has 12 heteroatoms. The van der Waals surface area contributed by atoms with Crippen molar-refractivity contribution in [3.05, 3.63) is 88.6 Å². The van der Waals surface area contributed by atoms with E-state index in [1.165, 1.54) is 40.7 Å². The molecule has 2 N–H and O–H groups in total. The highest BCUT2D eigenvalue weighted by Crippen LogP contribution is 2.25. The van der Waals surface area contributed by atoms with E-state index in [-0.39, 0.29) is 41.3 Å². The third-order valence-corrected chi connectivity index (χ3v) is 9.73. The number of benzene rings is 3. The number of hydrogen-bond donors (Lipinski definition) is 2. The molecule has 1 fully saturated rings. The van der Waals surface area contributed by atoms with Gasteiger partial charge < -0.3 is 5.32 Å². The SMILES string of the molecule is O=C(Nc1ccc(S(=O)(=O)Nc2ccc(F)cc2)cc1)C1CCN(S(=O)(=O)Cc2cccc(Br)c2)CC1. The van der Waals surface area contributed by atoms with E-state index in [1.54, 1.807) is 18.2 Å². The predicted octanol–water partition coefficient (Wildman–Crippen LogP) is 4.57. The van der Waals surface area contributed by atoms with Crippen molar-refractivity contribution in [2.45, 2.75) is 23.5 Å². The Bertz CT molecular complexity index is 1470. The molecule has 0 unspecified atom stereocenters. The van der Waals surface area contributed by atoms with Gasteiger partial charge in [-0.25, -0.2) is 25.5 Å². The Balaban J connectivity index is 1.31. The normalized spacial score (nSPS) is 15.3. The van der Waals surface area contributed by atoms with Gasteiger partial charge in [-0.05, 0) is 79.1 Å². The number of carbonyl (C=O) groups is 1. The van der Waals surface area contributed by atoms with Crippen LogP contribution in [0.3, 0.4) is 0 Å². The lowest BCUT2D eigenvalue weighted by molar-refractivity contribution is -0.120. The molecule has 1 amide bonds. The highest BCUT2D eigenvalue weighted by Gasteiger charge is 2.31. The van der Waals surface area contributed by atoms with Crippen molar-refractivity contribution in [3.8, 4) is 0 Å². The summed E-state index contributed by atoms with van der Waals surface area (Å²) in [5.41, 5.74) is 1.34. The minimum Gasteiger partial charge on any atom is -0.326 e. The van der Waals surface area contributed by atoms with Crippen LogP contribution >= 0.6 is 15.9 Å². The van der Waals surface area contributed by atoms with Crippen molar-refractivity contribution < 1.29 is 26.0 Å². The van der Waals surface area contributed by atoms with E-state index in [0.29, 0.717) is 24.1 Å². The zero-order valence-corrected chi connectivity index (χ0v) is 22.8. The molecule has 8 nitrogen and oxygen atoms in total. The molecule has 0 aromatic heterocycles. The molecule has 3 aromatic rings. The third kappa shape index (κ3) is 7.16. The maximum atomic E-state index is 13.0. The van der Waals surface area contributed by atoms with Gasteiger partial charge in [-0.1, -0.05) is 28.1 Å². The fourth-order valence-electron chi connectivity index (χ4n) is 4.02. The van der Waals surface area contributed by atoms with Crippen LogP contribution in [0.4, 0.5) is 15.8 Å². The maximum absolute atomic E-state index is 13.0. The monoisotopic (exact) mass is 609 g/mol. The van der Waals surface area contributed by atoms with E-state index in [4.69, 9.17) is 0 Å². The zero-order chi connectivity index (χ0) is 26.6. The average Bonchev–Trinajstić information content (AvgIpc) is 2.85. The van der Waals surface area contributed by atoms with E-state index >= 15 is 0 Å². The smallest absolute Gasteiger partial charge is 0.261 e. The molecule has 4 rings (SSSR count). The van der Waals surface area contributed by atoms with Crippen molar-refractivity contribution in [2.24, 2.45) is 5.92 Å². The van der Waals surface area contributed by atoms with Gasteiger partial charge in [0, 0.05) is 34.9 Å². The first-order valence-electron chi connectivity index (χ1n) is 11.4. The van der Waals surface area contributed by atoms with Gasteiger partial charge in [-0.15, -0.1) is 0 Å². The lowest BCUT2D eigenvalue weighted by Gasteiger charge is -2.30. The van der Waals surface area contributed by atoms with Gasteiger partial charge in [0.15, 0.2) is 0 Å². The molecule has 0 saturated carbocycles. The highest BCUT2D eigenvalue weighted by molar-refractivity contribution is 9.10. The van der Waals surface area contributed by atoms with Crippen LogP contribution in [0.5, 0.6) is 0 Å². The first-order chi connectivity index (χ1) is 17.5. The average molecular weight is 611 g/mol. The summed E-state index contributed by atoms with van der Waals surface area (Å²) in [5.74, 6) is -1.19. The van der Waals surface area contributed by atoms with Crippen molar-refractivity contribution in [2.75, 3.05) is 23.1 Å². The van der Waals surface area contributed by atoms with Gasteiger partial charge in [-0.2, -0.15) is 0 Å². The van der Waals surface area contributed by atoms with Crippen LogP contribution in [0, 0.1) is 11.7 Å². The Hall–Kier alpha value is -2.80. The molecule has 1 heterocycles. The van der Waals surface area contributed by atoms with Gasteiger partial charge in [0.25, 0.3) is 10.0 Å². The summed E-state index contributed by atoms with van der Waals surface area (Å²) in [6.45, 7) is 0.501. The number of halogens is 2. The second-order valence-corrected chi connectivity index (χ2v) is 13.3. The fraction of sp³-hybridized carbons (Fsp3) is 0.240. The molecule has 0 spiro atoms. The third-order valence-electron chi connectivity index (χ3n) is 5.98. The van der Waals surface area contributed by atoms with E-state index in [0.717, 1.165) is 16.6 Å². The van der Waals surface area contributed by atoms with Gasteiger partial charge >= 0.3 is 0 Å². The summed E-state index contributed by atoms with van der Waals surface area (Å²) >= 11 is 3.35. The number of rotatable bonds is 8. The minimum atomic E-state index is -3.89. The first-order valence-corrected chi connectivity index (χ1v) is 15.3. The highest BCUT2D eigenvalue weighted by atomic mass is 79.9. The van der Waals surface area contributed by atoms with Crippen LogP contribution < -0.4 is 10.0 Å². The molecule has 196 valence electrons. The number of nitrogens with one attached hydrogen (secondary N) is 2. The van der Waals surface area contributed by atoms with Gasteiger partial charge in [0.2, 0.25) is 15.9 Å². The molecular formula is C25H25BrFN3O5S2.